The average Bonchev–Trinajstić information content (AvgIpc) is 2.71. The van der Waals surface area contributed by atoms with Gasteiger partial charge in [0.15, 0.2) is 0 Å². The van der Waals surface area contributed by atoms with Crippen molar-refractivity contribution in [2.75, 3.05) is 44.2 Å². The Kier molecular flexibility index (Phi) is 7.10. The lowest BCUT2D eigenvalue weighted by Crippen LogP contribution is -2.47. The van der Waals surface area contributed by atoms with Crippen molar-refractivity contribution >= 4 is 11.9 Å². The first-order valence-corrected chi connectivity index (χ1v) is 9.46. The quantitative estimate of drug-likeness (QED) is 0.718. The Bertz CT molecular complexity index is 719. The Balaban J connectivity index is 1.27. The third kappa shape index (κ3) is 6.29. The van der Waals surface area contributed by atoms with Gasteiger partial charge in [-0.1, -0.05) is 12.1 Å². The van der Waals surface area contributed by atoms with E-state index in [1.54, 1.807) is 18.5 Å². The standard InChI is InChI=1S/C20H26FN5O/c21-18-5-1-4-17(16-18)6-7-19(27)22-10-3-11-25-12-14-26(15-13-25)20-23-8-2-9-24-20/h1-2,4-5,8-9,16H,3,6-7,10-15H2,(H,22,27). The van der Waals surface area contributed by atoms with Crippen LogP contribution in [0.25, 0.3) is 0 Å². The largest absolute Gasteiger partial charge is 0.356 e. The molecule has 2 heterocycles. The van der Waals surface area contributed by atoms with Gasteiger partial charge in [-0.25, -0.2) is 14.4 Å². The molecule has 1 aromatic carbocycles. The molecule has 0 atom stereocenters. The van der Waals surface area contributed by atoms with Gasteiger partial charge in [-0.05, 0) is 43.1 Å². The topological polar surface area (TPSA) is 61.4 Å². The summed E-state index contributed by atoms with van der Waals surface area (Å²) in [5, 5.41) is 2.95. The monoisotopic (exact) mass is 371 g/mol. The predicted molar refractivity (Wildman–Crippen MR) is 103 cm³/mol. The number of nitrogens with zero attached hydrogens (tertiary/aromatic N) is 4. The van der Waals surface area contributed by atoms with Gasteiger partial charge in [0, 0.05) is 51.5 Å². The highest BCUT2D eigenvalue weighted by Crippen LogP contribution is 2.10. The van der Waals surface area contributed by atoms with Gasteiger partial charge >= 0.3 is 0 Å². The summed E-state index contributed by atoms with van der Waals surface area (Å²) in [4.78, 5) is 25.1. The van der Waals surface area contributed by atoms with Crippen molar-refractivity contribution in [1.82, 2.24) is 20.2 Å². The Morgan fingerprint density at radius 2 is 1.89 bits per heavy atom. The lowest BCUT2D eigenvalue weighted by molar-refractivity contribution is -0.121. The van der Waals surface area contributed by atoms with E-state index in [2.05, 4.69) is 25.1 Å². The molecule has 0 saturated carbocycles. The number of aryl methyl sites for hydroxylation is 1. The van der Waals surface area contributed by atoms with E-state index in [4.69, 9.17) is 0 Å². The van der Waals surface area contributed by atoms with Gasteiger partial charge in [-0.2, -0.15) is 0 Å². The molecule has 1 aliphatic heterocycles. The number of hydrogen-bond donors (Lipinski definition) is 1. The number of benzene rings is 1. The van der Waals surface area contributed by atoms with Crippen LogP contribution in [0.1, 0.15) is 18.4 Å². The Hall–Kier alpha value is -2.54. The maximum absolute atomic E-state index is 13.1. The normalized spacial score (nSPS) is 14.9. The number of hydrogen-bond acceptors (Lipinski definition) is 5. The summed E-state index contributed by atoms with van der Waals surface area (Å²) in [7, 11) is 0. The summed E-state index contributed by atoms with van der Waals surface area (Å²) in [6.07, 6.45) is 5.41. The van der Waals surface area contributed by atoms with Crippen molar-refractivity contribution in [3.8, 4) is 0 Å². The number of carbonyl (C=O) groups is 1. The van der Waals surface area contributed by atoms with Crippen molar-refractivity contribution in [3.63, 3.8) is 0 Å². The van der Waals surface area contributed by atoms with E-state index >= 15 is 0 Å². The molecule has 1 N–H and O–H groups in total. The molecule has 1 amide bonds. The fraction of sp³-hybridized carbons (Fsp3) is 0.450. The van der Waals surface area contributed by atoms with Crippen LogP contribution in [0.3, 0.4) is 0 Å². The molecule has 0 unspecified atom stereocenters. The molecule has 0 bridgehead atoms. The number of rotatable bonds is 8. The van der Waals surface area contributed by atoms with Gasteiger partial charge in [0.25, 0.3) is 0 Å². The number of piperazine rings is 1. The molecule has 0 aliphatic carbocycles. The molecular weight excluding hydrogens is 345 g/mol. The van der Waals surface area contributed by atoms with Crippen molar-refractivity contribution in [3.05, 3.63) is 54.1 Å². The number of halogens is 1. The summed E-state index contributed by atoms with van der Waals surface area (Å²) in [5.74, 6) is 0.555. The minimum absolute atomic E-state index is 0.0188. The van der Waals surface area contributed by atoms with E-state index in [-0.39, 0.29) is 11.7 Å². The van der Waals surface area contributed by atoms with Gasteiger partial charge in [0.2, 0.25) is 11.9 Å². The molecular formula is C20H26FN5O. The van der Waals surface area contributed by atoms with Crippen LogP contribution < -0.4 is 10.2 Å². The first-order valence-electron chi connectivity index (χ1n) is 9.46. The first-order chi connectivity index (χ1) is 13.2. The molecule has 1 saturated heterocycles. The van der Waals surface area contributed by atoms with Crippen molar-refractivity contribution in [2.24, 2.45) is 0 Å². The van der Waals surface area contributed by atoms with Crippen LogP contribution in [0, 0.1) is 5.82 Å². The molecule has 0 radical (unpaired) electrons. The second-order valence-corrected chi connectivity index (χ2v) is 6.71. The molecule has 0 spiro atoms. The van der Waals surface area contributed by atoms with Crippen LogP contribution in [0.2, 0.25) is 0 Å². The molecule has 27 heavy (non-hydrogen) atoms. The van der Waals surface area contributed by atoms with Gasteiger partial charge in [-0.3, -0.25) is 9.69 Å². The fourth-order valence-corrected chi connectivity index (χ4v) is 3.20. The summed E-state index contributed by atoms with van der Waals surface area (Å²) >= 11 is 0. The molecule has 1 aliphatic rings. The average molecular weight is 371 g/mol. The van der Waals surface area contributed by atoms with Gasteiger partial charge < -0.3 is 10.2 Å². The van der Waals surface area contributed by atoms with Crippen LogP contribution in [0.15, 0.2) is 42.7 Å². The maximum atomic E-state index is 13.1. The van der Waals surface area contributed by atoms with Crippen LogP contribution >= 0.6 is 0 Å². The van der Waals surface area contributed by atoms with Crippen molar-refractivity contribution < 1.29 is 9.18 Å². The smallest absolute Gasteiger partial charge is 0.225 e. The van der Waals surface area contributed by atoms with Crippen LogP contribution in [0.4, 0.5) is 10.3 Å². The molecule has 7 heteroatoms. The Labute approximate surface area is 159 Å². The Morgan fingerprint density at radius 3 is 2.63 bits per heavy atom. The van der Waals surface area contributed by atoms with Crippen molar-refractivity contribution in [2.45, 2.75) is 19.3 Å². The molecule has 144 valence electrons. The zero-order valence-corrected chi connectivity index (χ0v) is 15.5. The molecule has 2 aromatic rings. The van der Waals surface area contributed by atoms with Gasteiger partial charge in [0.05, 0.1) is 0 Å². The molecule has 3 rings (SSSR count). The number of carbonyl (C=O) groups excluding carboxylic acids is 1. The van der Waals surface area contributed by atoms with Crippen LogP contribution in [-0.2, 0) is 11.2 Å². The minimum atomic E-state index is -0.258. The molecule has 1 fully saturated rings. The Morgan fingerprint density at radius 1 is 1.11 bits per heavy atom. The zero-order valence-electron chi connectivity index (χ0n) is 15.5. The fourth-order valence-electron chi connectivity index (χ4n) is 3.20. The van der Waals surface area contributed by atoms with E-state index < -0.39 is 0 Å². The van der Waals surface area contributed by atoms with Gasteiger partial charge in [-0.15, -0.1) is 0 Å². The summed E-state index contributed by atoms with van der Waals surface area (Å²) in [6.45, 7) is 5.43. The third-order valence-corrected chi connectivity index (χ3v) is 4.71. The van der Waals surface area contributed by atoms with E-state index in [9.17, 15) is 9.18 Å². The highest BCUT2D eigenvalue weighted by atomic mass is 19.1. The van der Waals surface area contributed by atoms with E-state index in [0.717, 1.165) is 50.7 Å². The number of amides is 1. The number of nitrogens with one attached hydrogen (secondary N) is 1. The second-order valence-electron chi connectivity index (χ2n) is 6.71. The van der Waals surface area contributed by atoms with E-state index in [1.807, 2.05) is 12.1 Å². The number of aromatic nitrogens is 2. The highest BCUT2D eigenvalue weighted by Gasteiger charge is 2.18. The van der Waals surface area contributed by atoms with Crippen molar-refractivity contribution in [1.29, 1.82) is 0 Å². The van der Waals surface area contributed by atoms with E-state index in [0.29, 0.717) is 19.4 Å². The third-order valence-electron chi connectivity index (χ3n) is 4.71. The summed E-state index contributed by atoms with van der Waals surface area (Å²) in [5.41, 5.74) is 0.852. The SMILES string of the molecule is O=C(CCc1cccc(F)c1)NCCCN1CCN(c2ncccn2)CC1. The lowest BCUT2D eigenvalue weighted by Gasteiger charge is -2.34. The van der Waals surface area contributed by atoms with E-state index in [1.165, 1.54) is 12.1 Å². The highest BCUT2D eigenvalue weighted by molar-refractivity contribution is 5.76. The number of anilines is 1. The first kappa shape index (κ1) is 19.2. The summed E-state index contributed by atoms with van der Waals surface area (Å²) in [6, 6.07) is 8.23. The minimum Gasteiger partial charge on any atom is -0.356 e. The van der Waals surface area contributed by atoms with Crippen LogP contribution in [0.5, 0.6) is 0 Å². The second kappa shape index (κ2) is 9.97. The molecule has 1 aromatic heterocycles. The maximum Gasteiger partial charge on any atom is 0.225 e. The lowest BCUT2D eigenvalue weighted by atomic mass is 10.1. The summed E-state index contributed by atoms with van der Waals surface area (Å²) < 4.78 is 13.1. The zero-order chi connectivity index (χ0) is 18.9. The van der Waals surface area contributed by atoms with Crippen LogP contribution in [-0.4, -0.2) is 60.0 Å². The molecule has 6 nitrogen and oxygen atoms in total. The predicted octanol–water partition coefficient (Wildman–Crippen LogP) is 1.88. The van der Waals surface area contributed by atoms with Gasteiger partial charge in [0.1, 0.15) is 5.82 Å².